The van der Waals surface area contributed by atoms with Gasteiger partial charge in [-0.25, -0.2) is 4.98 Å². The van der Waals surface area contributed by atoms with Crippen molar-refractivity contribution in [2.45, 2.75) is 13.2 Å². The van der Waals surface area contributed by atoms with E-state index in [1.807, 2.05) is 0 Å². The summed E-state index contributed by atoms with van der Waals surface area (Å²) >= 11 is 5.82. The van der Waals surface area contributed by atoms with Gasteiger partial charge in [-0.3, -0.25) is 0 Å². The first-order valence-electron chi connectivity index (χ1n) is 5.10. The summed E-state index contributed by atoms with van der Waals surface area (Å²) in [6.07, 6.45) is 3.26. The number of ether oxygens (including phenoxy) is 1. The van der Waals surface area contributed by atoms with Crippen LogP contribution >= 0.6 is 11.6 Å². The van der Waals surface area contributed by atoms with Crippen molar-refractivity contribution in [3.05, 3.63) is 41.4 Å². The Kier molecular flexibility index (Phi) is 3.99. The number of alkyl halides is 2. The van der Waals surface area contributed by atoms with Crippen molar-refractivity contribution >= 4 is 17.3 Å². The van der Waals surface area contributed by atoms with Crippen LogP contribution in [0, 0.1) is 0 Å². The second kappa shape index (κ2) is 5.68. The Morgan fingerprint density at radius 2 is 2.28 bits per heavy atom. The van der Waals surface area contributed by atoms with Gasteiger partial charge in [-0.15, -0.1) is 0 Å². The molecule has 0 radical (unpaired) electrons. The van der Waals surface area contributed by atoms with Gasteiger partial charge < -0.3 is 15.0 Å². The molecule has 96 valence electrons. The van der Waals surface area contributed by atoms with Gasteiger partial charge in [0.05, 0.1) is 23.6 Å². The number of hydrogen-bond donors (Lipinski definition) is 2. The minimum absolute atomic E-state index is 0.0428. The predicted octanol–water partition coefficient (Wildman–Crippen LogP) is 3.28. The number of aromatic amines is 1. The largest absolute Gasteiger partial charge is 0.433 e. The van der Waals surface area contributed by atoms with Crippen molar-refractivity contribution in [3.63, 3.8) is 0 Å². The van der Waals surface area contributed by atoms with E-state index in [4.69, 9.17) is 11.6 Å². The van der Waals surface area contributed by atoms with Gasteiger partial charge >= 0.3 is 6.61 Å². The number of anilines is 1. The van der Waals surface area contributed by atoms with Crippen molar-refractivity contribution in [2.75, 3.05) is 5.32 Å². The maximum atomic E-state index is 12.0. The molecular weight excluding hydrogens is 264 g/mol. The first-order valence-corrected chi connectivity index (χ1v) is 5.48. The molecule has 0 bridgehead atoms. The van der Waals surface area contributed by atoms with Gasteiger partial charge in [0.15, 0.2) is 0 Å². The zero-order valence-corrected chi connectivity index (χ0v) is 9.92. The van der Waals surface area contributed by atoms with Gasteiger partial charge in [0.1, 0.15) is 5.75 Å². The van der Waals surface area contributed by atoms with E-state index in [1.54, 1.807) is 18.6 Å². The van der Waals surface area contributed by atoms with Gasteiger partial charge in [0, 0.05) is 11.9 Å². The first-order chi connectivity index (χ1) is 8.65. The standard InChI is InChI=1S/C11H10ClF2N3O/c12-9-3-7(1-2-10(9)18-11(13)14)16-5-8-4-15-6-17-8/h1-4,6,11,16H,5H2,(H,15,17). The fourth-order valence-corrected chi connectivity index (χ4v) is 1.61. The molecule has 0 saturated carbocycles. The summed E-state index contributed by atoms with van der Waals surface area (Å²) in [4.78, 5) is 6.80. The third-order valence-electron chi connectivity index (χ3n) is 2.19. The summed E-state index contributed by atoms with van der Waals surface area (Å²) in [5.74, 6) is -0.0428. The number of aromatic nitrogens is 2. The van der Waals surface area contributed by atoms with Crippen LogP contribution in [0.4, 0.5) is 14.5 Å². The van der Waals surface area contributed by atoms with Crippen molar-refractivity contribution in [2.24, 2.45) is 0 Å². The topological polar surface area (TPSA) is 49.9 Å². The third-order valence-corrected chi connectivity index (χ3v) is 2.48. The van der Waals surface area contributed by atoms with Crippen LogP contribution in [0.2, 0.25) is 5.02 Å². The minimum atomic E-state index is -2.88. The molecule has 4 nitrogen and oxygen atoms in total. The van der Waals surface area contributed by atoms with Crippen LogP contribution in [0.3, 0.4) is 0 Å². The summed E-state index contributed by atoms with van der Waals surface area (Å²) < 4.78 is 28.3. The maximum Gasteiger partial charge on any atom is 0.387 e. The van der Waals surface area contributed by atoms with E-state index in [2.05, 4.69) is 20.0 Å². The Morgan fingerprint density at radius 1 is 1.44 bits per heavy atom. The van der Waals surface area contributed by atoms with Crippen LogP contribution in [0.15, 0.2) is 30.7 Å². The number of imidazole rings is 1. The smallest absolute Gasteiger partial charge is 0.387 e. The highest BCUT2D eigenvalue weighted by atomic mass is 35.5. The summed E-state index contributed by atoms with van der Waals surface area (Å²) in [6, 6.07) is 4.53. The monoisotopic (exact) mass is 273 g/mol. The molecule has 18 heavy (non-hydrogen) atoms. The van der Waals surface area contributed by atoms with E-state index < -0.39 is 6.61 Å². The average Bonchev–Trinajstić information content (AvgIpc) is 2.82. The summed E-state index contributed by atoms with van der Waals surface area (Å²) in [7, 11) is 0. The molecule has 1 aromatic heterocycles. The molecular formula is C11H10ClF2N3O. The van der Waals surface area contributed by atoms with E-state index in [-0.39, 0.29) is 10.8 Å². The molecule has 2 N–H and O–H groups in total. The molecule has 7 heteroatoms. The van der Waals surface area contributed by atoms with Crippen LogP contribution in [-0.4, -0.2) is 16.6 Å². The Bertz CT molecular complexity index is 505. The molecule has 1 heterocycles. The SMILES string of the molecule is FC(F)Oc1ccc(NCc2cnc[nH]2)cc1Cl. The molecule has 0 fully saturated rings. The highest BCUT2D eigenvalue weighted by Crippen LogP contribution is 2.28. The van der Waals surface area contributed by atoms with Crippen LogP contribution in [0.1, 0.15) is 5.69 Å². The van der Waals surface area contributed by atoms with Gasteiger partial charge in [-0.2, -0.15) is 8.78 Å². The highest BCUT2D eigenvalue weighted by molar-refractivity contribution is 6.32. The molecule has 0 atom stereocenters. The van der Waals surface area contributed by atoms with Crippen LogP contribution < -0.4 is 10.1 Å². The summed E-state index contributed by atoms with van der Waals surface area (Å²) in [5.41, 5.74) is 1.61. The van der Waals surface area contributed by atoms with Crippen LogP contribution in [0.25, 0.3) is 0 Å². The fraction of sp³-hybridized carbons (Fsp3) is 0.182. The van der Waals surface area contributed by atoms with E-state index in [9.17, 15) is 8.78 Å². The number of rotatable bonds is 5. The lowest BCUT2D eigenvalue weighted by Gasteiger charge is -2.09. The second-order valence-electron chi connectivity index (χ2n) is 3.45. The lowest BCUT2D eigenvalue weighted by molar-refractivity contribution is -0.0497. The lowest BCUT2D eigenvalue weighted by atomic mass is 10.3. The summed E-state index contributed by atoms with van der Waals surface area (Å²) in [5, 5.41) is 3.20. The Hall–Kier alpha value is -1.82. The van der Waals surface area contributed by atoms with Gasteiger partial charge in [-0.05, 0) is 18.2 Å². The van der Waals surface area contributed by atoms with E-state index in [0.29, 0.717) is 12.2 Å². The Morgan fingerprint density at radius 3 is 2.89 bits per heavy atom. The number of benzene rings is 1. The fourth-order valence-electron chi connectivity index (χ4n) is 1.38. The third kappa shape index (κ3) is 3.33. The van der Waals surface area contributed by atoms with Crippen molar-refractivity contribution in [3.8, 4) is 5.75 Å². The Balaban J connectivity index is 2.00. The summed E-state index contributed by atoms with van der Waals surface area (Å²) in [6.45, 7) is -2.35. The number of halogens is 3. The molecule has 2 aromatic rings. The number of H-pyrrole nitrogens is 1. The lowest BCUT2D eigenvalue weighted by Crippen LogP contribution is -2.03. The van der Waals surface area contributed by atoms with Gasteiger partial charge in [-0.1, -0.05) is 11.6 Å². The van der Waals surface area contributed by atoms with E-state index in [1.165, 1.54) is 12.1 Å². The van der Waals surface area contributed by atoms with Crippen molar-refractivity contribution < 1.29 is 13.5 Å². The quantitative estimate of drug-likeness (QED) is 0.879. The predicted molar refractivity (Wildman–Crippen MR) is 64.0 cm³/mol. The maximum absolute atomic E-state index is 12.0. The number of nitrogens with zero attached hydrogens (tertiary/aromatic N) is 1. The van der Waals surface area contributed by atoms with Crippen LogP contribution in [0.5, 0.6) is 5.75 Å². The minimum Gasteiger partial charge on any atom is -0.433 e. The first kappa shape index (κ1) is 12.6. The van der Waals surface area contributed by atoms with E-state index >= 15 is 0 Å². The molecule has 0 unspecified atom stereocenters. The van der Waals surface area contributed by atoms with E-state index in [0.717, 1.165) is 5.69 Å². The highest BCUT2D eigenvalue weighted by Gasteiger charge is 2.08. The molecule has 0 amide bonds. The zero-order valence-electron chi connectivity index (χ0n) is 9.16. The molecule has 1 aromatic carbocycles. The number of hydrogen-bond acceptors (Lipinski definition) is 3. The van der Waals surface area contributed by atoms with Crippen molar-refractivity contribution in [1.82, 2.24) is 9.97 Å². The van der Waals surface area contributed by atoms with Gasteiger partial charge in [0.25, 0.3) is 0 Å². The number of nitrogens with one attached hydrogen (secondary N) is 2. The molecule has 0 aliphatic carbocycles. The molecule has 2 rings (SSSR count). The molecule has 0 spiro atoms. The zero-order chi connectivity index (χ0) is 13.0. The van der Waals surface area contributed by atoms with Crippen LogP contribution in [-0.2, 0) is 6.54 Å². The average molecular weight is 274 g/mol. The molecule has 0 aliphatic rings. The normalized spacial score (nSPS) is 10.7. The second-order valence-corrected chi connectivity index (χ2v) is 3.86. The van der Waals surface area contributed by atoms with Gasteiger partial charge in [0.2, 0.25) is 0 Å². The molecule has 0 saturated heterocycles. The Labute approximate surface area is 107 Å². The molecule has 0 aliphatic heterocycles. The van der Waals surface area contributed by atoms with Crippen molar-refractivity contribution in [1.29, 1.82) is 0 Å².